The van der Waals surface area contributed by atoms with Crippen molar-refractivity contribution in [2.75, 3.05) is 32.7 Å². The lowest BCUT2D eigenvalue weighted by Crippen LogP contribution is -2.48. The van der Waals surface area contributed by atoms with Crippen molar-refractivity contribution >= 4 is 16.7 Å². The summed E-state index contributed by atoms with van der Waals surface area (Å²) in [6.45, 7) is 8.42. The maximum absolute atomic E-state index is 12.6. The van der Waals surface area contributed by atoms with Gasteiger partial charge in [-0.2, -0.15) is 0 Å². The van der Waals surface area contributed by atoms with Crippen molar-refractivity contribution in [1.82, 2.24) is 9.80 Å². The van der Waals surface area contributed by atoms with E-state index < -0.39 is 10.8 Å². The van der Waals surface area contributed by atoms with Crippen LogP contribution in [0.5, 0.6) is 0 Å². The topological polar surface area (TPSA) is 53.8 Å². The zero-order chi connectivity index (χ0) is 18.5. The van der Waals surface area contributed by atoms with Gasteiger partial charge in [-0.3, -0.25) is 9.00 Å². The molecular formula is C20H26N2O3S. The molecule has 2 heterocycles. The van der Waals surface area contributed by atoms with Crippen molar-refractivity contribution in [3.05, 3.63) is 59.0 Å². The van der Waals surface area contributed by atoms with Crippen molar-refractivity contribution < 1.29 is 13.4 Å². The molecule has 2 aromatic rings. The number of amides is 1. The average molecular weight is 375 g/mol. The van der Waals surface area contributed by atoms with E-state index in [1.54, 1.807) is 12.1 Å². The smallest absolute Gasteiger partial charge is 0.289 e. The van der Waals surface area contributed by atoms with Crippen LogP contribution in [0.25, 0.3) is 0 Å². The fourth-order valence-corrected chi connectivity index (χ4v) is 4.21. The Hall–Kier alpha value is -1.92. The molecule has 6 heteroatoms. The van der Waals surface area contributed by atoms with Crippen LogP contribution < -0.4 is 0 Å². The van der Waals surface area contributed by atoms with Gasteiger partial charge in [-0.15, -0.1) is 0 Å². The highest BCUT2D eigenvalue weighted by atomic mass is 32.2. The Bertz CT molecular complexity index is 762. The first-order valence-electron chi connectivity index (χ1n) is 9.06. The maximum Gasteiger partial charge on any atom is 0.289 e. The number of benzene rings is 1. The fraction of sp³-hybridized carbons (Fsp3) is 0.450. The summed E-state index contributed by atoms with van der Waals surface area (Å²) < 4.78 is 18.0. The zero-order valence-corrected chi connectivity index (χ0v) is 16.3. The molecule has 0 spiro atoms. The summed E-state index contributed by atoms with van der Waals surface area (Å²) in [6.07, 6.45) is 0. The number of piperazine rings is 1. The predicted octanol–water partition coefficient (Wildman–Crippen LogP) is 2.81. The summed E-state index contributed by atoms with van der Waals surface area (Å²) in [5.74, 6) is 1.69. The van der Waals surface area contributed by atoms with Gasteiger partial charge < -0.3 is 14.2 Å². The number of nitrogens with zero attached hydrogens (tertiary/aromatic N) is 2. The molecule has 0 aliphatic carbocycles. The molecule has 1 amide bonds. The van der Waals surface area contributed by atoms with E-state index in [4.69, 9.17) is 4.42 Å². The summed E-state index contributed by atoms with van der Waals surface area (Å²) >= 11 is 0. The van der Waals surface area contributed by atoms with Gasteiger partial charge in [0.25, 0.3) is 5.91 Å². The second-order valence-electron chi connectivity index (χ2n) is 6.71. The van der Waals surface area contributed by atoms with Crippen molar-refractivity contribution in [1.29, 1.82) is 0 Å². The highest BCUT2D eigenvalue weighted by Gasteiger charge is 2.23. The third-order valence-electron chi connectivity index (χ3n) is 4.73. The van der Waals surface area contributed by atoms with E-state index in [0.717, 1.165) is 38.3 Å². The Labute approximate surface area is 157 Å². The zero-order valence-electron chi connectivity index (χ0n) is 15.4. The lowest BCUT2D eigenvalue weighted by molar-refractivity contribution is 0.0611. The second kappa shape index (κ2) is 8.64. The first kappa shape index (κ1) is 18.9. The normalized spacial score (nSPS) is 16.6. The quantitative estimate of drug-likeness (QED) is 0.780. The number of likely N-dealkylation sites (N-methyl/N-ethyl adjacent to an activating group) is 1. The third kappa shape index (κ3) is 4.83. The highest BCUT2D eigenvalue weighted by Crippen LogP contribution is 2.16. The standard InChI is InChI=1S/C20H26N2O3S/c1-3-21-10-12-22(13-11-21)20(23)19-9-8-18(25-19)15-26(24)14-17-6-4-16(2)5-7-17/h4-9H,3,10-15H2,1-2H3/t26-/m0/s1. The molecule has 0 unspecified atom stereocenters. The monoisotopic (exact) mass is 374 g/mol. The van der Waals surface area contributed by atoms with E-state index in [2.05, 4.69) is 11.8 Å². The van der Waals surface area contributed by atoms with Crippen LogP contribution in [0, 0.1) is 6.92 Å². The summed E-state index contributed by atoms with van der Waals surface area (Å²) in [6, 6.07) is 11.5. The minimum atomic E-state index is -1.06. The van der Waals surface area contributed by atoms with Crippen LogP contribution in [-0.2, 0) is 22.3 Å². The van der Waals surface area contributed by atoms with E-state index in [1.807, 2.05) is 36.1 Å². The van der Waals surface area contributed by atoms with Crippen LogP contribution in [0.1, 0.15) is 34.4 Å². The number of hydrogen-bond donors (Lipinski definition) is 0. The minimum absolute atomic E-state index is 0.0729. The lowest BCUT2D eigenvalue weighted by atomic mass is 10.2. The van der Waals surface area contributed by atoms with Gasteiger partial charge in [-0.05, 0) is 31.2 Å². The van der Waals surface area contributed by atoms with Crippen LogP contribution in [0.3, 0.4) is 0 Å². The predicted molar refractivity (Wildman–Crippen MR) is 103 cm³/mol. The minimum Gasteiger partial charge on any atom is -0.455 e. The Balaban J connectivity index is 1.54. The summed E-state index contributed by atoms with van der Waals surface area (Å²) in [4.78, 5) is 16.7. The molecule has 0 saturated carbocycles. The molecule has 1 atom stereocenters. The van der Waals surface area contributed by atoms with Crippen LogP contribution >= 0.6 is 0 Å². The molecule has 1 aliphatic heterocycles. The molecule has 1 saturated heterocycles. The fourth-order valence-electron chi connectivity index (χ4n) is 3.07. The summed E-state index contributed by atoms with van der Waals surface area (Å²) in [5, 5.41) is 0. The molecule has 26 heavy (non-hydrogen) atoms. The first-order valence-corrected chi connectivity index (χ1v) is 10.5. The van der Waals surface area contributed by atoms with E-state index in [1.165, 1.54) is 5.56 Å². The number of carbonyl (C=O) groups excluding carboxylic acids is 1. The molecule has 3 rings (SSSR count). The third-order valence-corrected chi connectivity index (χ3v) is 5.99. The lowest BCUT2D eigenvalue weighted by Gasteiger charge is -2.33. The van der Waals surface area contributed by atoms with E-state index in [9.17, 15) is 9.00 Å². The molecule has 0 bridgehead atoms. The molecule has 0 radical (unpaired) electrons. The average Bonchev–Trinajstić information content (AvgIpc) is 3.11. The molecular weight excluding hydrogens is 348 g/mol. The number of rotatable bonds is 6. The van der Waals surface area contributed by atoms with Crippen LogP contribution in [0.15, 0.2) is 40.8 Å². The van der Waals surface area contributed by atoms with Crippen molar-refractivity contribution in [3.8, 4) is 0 Å². The van der Waals surface area contributed by atoms with Crippen molar-refractivity contribution in [2.24, 2.45) is 0 Å². The maximum atomic E-state index is 12.6. The summed E-state index contributed by atoms with van der Waals surface area (Å²) in [5.41, 5.74) is 2.24. The number of carbonyl (C=O) groups is 1. The van der Waals surface area contributed by atoms with Gasteiger partial charge in [0.15, 0.2) is 5.76 Å². The second-order valence-corrected chi connectivity index (χ2v) is 8.16. The van der Waals surface area contributed by atoms with Crippen molar-refractivity contribution in [3.63, 3.8) is 0 Å². The number of furan rings is 1. The van der Waals surface area contributed by atoms with Gasteiger partial charge in [0.05, 0.1) is 5.75 Å². The molecule has 5 nitrogen and oxygen atoms in total. The molecule has 1 aromatic carbocycles. The summed E-state index contributed by atoms with van der Waals surface area (Å²) in [7, 11) is -1.06. The van der Waals surface area contributed by atoms with Crippen LogP contribution in [0.4, 0.5) is 0 Å². The molecule has 1 aliphatic rings. The highest BCUT2D eigenvalue weighted by molar-refractivity contribution is 7.83. The SMILES string of the molecule is CCN1CCN(C(=O)c2ccc(C[S@@](=O)Cc3ccc(C)cc3)o2)CC1. The van der Waals surface area contributed by atoms with E-state index in [0.29, 0.717) is 23.0 Å². The van der Waals surface area contributed by atoms with Gasteiger partial charge in [-0.25, -0.2) is 0 Å². The Morgan fingerprint density at radius 2 is 1.73 bits per heavy atom. The molecule has 1 aromatic heterocycles. The molecule has 1 fully saturated rings. The Morgan fingerprint density at radius 3 is 2.38 bits per heavy atom. The largest absolute Gasteiger partial charge is 0.455 e. The van der Waals surface area contributed by atoms with Gasteiger partial charge in [0, 0.05) is 42.7 Å². The van der Waals surface area contributed by atoms with Crippen LogP contribution in [-0.4, -0.2) is 52.6 Å². The van der Waals surface area contributed by atoms with Gasteiger partial charge in [-0.1, -0.05) is 36.8 Å². The van der Waals surface area contributed by atoms with Crippen molar-refractivity contribution in [2.45, 2.75) is 25.4 Å². The number of aryl methyl sites for hydroxylation is 1. The Morgan fingerprint density at radius 1 is 1.04 bits per heavy atom. The molecule has 140 valence electrons. The number of hydrogen-bond acceptors (Lipinski definition) is 4. The van der Waals surface area contributed by atoms with Gasteiger partial charge in [0.1, 0.15) is 5.76 Å². The Kier molecular flexibility index (Phi) is 6.27. The van der Waals surface area contributed by atoms with Gasteiger partial charge in [0.2, 0.25) is 0 Å². The van der Waals surface area contributed by atoms with Crippen LogP contribution in [0.2, 0.25) is 0 Å². The first-order chi connectivity index (χ1) is 12.5. The van der Waals surface area contributed by atoms with E-state index in [-0.39, 0.29) is 5.91 Å². The van der Waals surface area contributed by atoms with E-state index >= 15 is 0 Å². The van der Waals surface area contributed by atoms with Gasteiger partial charge >= 0.3 is 0 Å². The molecule has 0 N–H and O–H groups in total.